The van der Waals surface area contributed by atoms with E-state index in [-0.39, 0.29) is 55.5 Å². The van der Waals surface area contributed by atoms with E-state index in [1.807, 2.05) is 26.0 Å². The van der Waals surface area contributed by atoms with Crippen LogP contribution in [0, 0.1) is 11.8 Å². The first kappa shape index (κ1) is 37.4. The Morgan fingerprint density at radius 3 is 2.62 bits per heavy atom. The van der Waals surface area contributed by atoms with Crippen molar-refractivity contribution in [3.8, 4) is 17.2 Å². The average Bonchev–Trinajstić information content (AvgIpc) is 3.95. The zero-order chi connectivity index (χ0) is 36.7. The average molecular weight is 744 g/mol. The van der Waals surface area contributed by atoms with Gasteiger partial charge in [0.1, 0.15) is 18.1 Å². The number of rotatable bonds is 17. The van der Waals surface area contributed by atoms with Gasteiger partial charge in [0.2, 0.25) is 16.8 Å². The highest BCUT2D eigenvalue weighted by Gasteiger charge is 2.44. The molecule has 52 heavy (non-hydrogen) atoms. The Morgan fingerprint density at radius 1 is 1.04 bits per heavy atom. The number of aliphatic hydroxyl groups is 1. The Morgan fingerprint density at radius 2 is 1.85 bits per heavy atom. The number of benzene rings is 2. The van der Waals surface area contributed by atoms with Gasteiger partial charge in [-0.15, -0.1) is 0 Å². The topological polar surface area (TPSA) is 184 Å². The standard InChI is InChI=1S/C36H45N3O12S/c1-23(2)18-39(52(43,44)27-8-9-31-32(17-27)50-22-49-31)19-30(40)29(38-36(42)51-33-21-48-35-28(33)11-15-47-35)16-24-4-6-26(7-5-24)46-13-3-12-37-34(41)25-10-14-45-20-25/h4-10,14,17,20,23,28-30,33,35,40H,3,11-13,15-16,18-19,21-22H2,1-2H3,(H,37,41)(H,38,42)/t28-,29-,30+,33+,35+/m0/s1. The molecule has 282 valence electrons. The second kappa shape index (κ2) is 17.0. The molecule has 4 heterocycles. The number of aliphatic hydroxyl groups excluding tert-OH is 1. The van der Waals surface area contributed by atoms with Crippen molar-refractivity contribution in [1.82, 2.24) is 14.9 Å². The van der Waals surface area contributed by atoms with Gasteiger partial charge in [0.15, 0.2) is 17.8 Å². The maximum absolute atomic E-state index is 13.9. The molecule has 3 aromatic rings. The predicted octanol–water partition coefficient (Wildman–Crippen LogP) is 3.31. The second-order valence-corrected chi connectivity index (χ2v) is 15.3. The number of furan rings is 1. The molecule has 1 aromatic heterocycles. The van der Waals surface area contributed by atoms with Gasteiger partial charge in [-0.2, -0.15) is 4.31 Å². The number of carbonyl (C=O) groups excluding carboxylic acids is 2. The molecule has 0 saturated carbocycles. The van der Waals surface area contributed by atoms with Crippen molar-refractivity contribution in [2.45, 2.75) is 62.5 Å². The molecule has 6 rings (SSSR count). The lowest BCUT2D eigenvalue weighted by Gasteiger charge is -2.31. The number of hydrogen-bond donors (Lipinski definition) is 3. The summed E-state index contributed by atoms with van der Waals surface area (Å²) in [6, 6.07) is 12.2. The van der Waals surface area contributed by atoms with Crippen molar-refractivity contribution in [2.24, 2.45) is 11.8 Å². The maximum atomic E-state index is 13.9. The molecule has 16 heteroatoms. The fraction of sp³-hybridized carbons (Fsp3) is 0.500. The molecule has 2 saturated heterocycles. The molecule has 3 N–H and O–H groups in total. The van der Waals surface area contributed by atoms with Crippen molar-refractivity contribution in [3.63, 3.8) is 0 Å². The number of alkyl carbamates (subject to hydrolysis) is 1. The molecule has 2 amide bonds. The highest BCUT2D eigenvalue weighted by atomic mass is 32.2. The van der Waals surface area contributed by atoms with E-state index in [0.717, 1.165) is 5.56 Å². The molecule has 3 aliphatic rings. The molecule has 2 fully saturated rings. The van der Waals surface area contributed by atoms with Crippen LogP contribution in [0.25, 0.3) is 0 Å². The molecule has 3 aliphatic heterocycles. The van der Waals surface area contributed by atoms with E-state index in [1.54, 1.807) is 24.3 Å². The summed E-state index contributed by atoms with van der Waals surface area (Å²) >= 11 is 0. The Kier molecular flexibility index (Phi) is 12.2. The van der Waals surface area contributed by atoms with E-state index in [0.29, 0.717) is 55.4 Å². The first-order chi connectivity index (χ1) is 25.1. The van der Waals surface area contributed by atoms with E-state index in [1.165, 1.54) is 29.0 Å². The molecule has 0 bridgehead atoms. The van der Waals surface area contributed by atoms with Crippen molar-refractivity contribution < 1.29 is 56.0 Å². The summed E-state index contributed by atoms with van der Waals surface area (Å²) < 4.78 is 67.5. The summed E-state index contributed by atoms with van der Waals surface area (Å²) in [4.78, 5) is 25.3. The monoisotopic (exact) mass is 743 g/mol. The number of nitrogens with zero attached hydrogens (tertiary/aromatic N) is 1. The Hall–Kier alpha value is -4.35. The molecule has 0 aliphatic carbocycles. The molecular formula is C36H45N3O12S. The van der Waals surface area contributed by atoms with Crippen LogP contribution in [0.2, 0.25) is 0 Å². The van der Waals surface area contributed by atoms with Crippen LogP contribution >= 0.6 is 0 Å². The van der Waals surface area contributed by atoms with Gasteiger partial charge in [0, 0.05) is 25.7 Å². The highest BCUT2D eigenvalue weighted by Crippen LogP contribution is 2.35. The molecule has 0 spiro atoms. The lowest BCUT2D eigenvalue weighted by atomic mass is 10.0. The summed E-state index contributed by atoms with van der Waals surface area (Å²) in [5.41, 5.74) is 1.21. The number of sulfonamides is 1. The normalized spacial score (nSPS) is 20.4. The SMILES string of the molecule is CC(C)CN(C[C@@H](O)[C@H](Cc1ccc(OCCCNC(=O)c2ccoc2)cc1)NC(=O)O[C@@H]1CO[C@H]2OCC[C@H]21)S(=O)(=O)c1ccc2c(c1)OCO2. The van der Waals surface area contributed by atoms with E-state index >= 15 is 0 Å². The molecule has 0 radical (unpaired) electrons. The summed E-state index contributed by atoms with van der Waals surface area (Å²) in [7, 11) is -4.09. The molecule has 2 aromatic carbocycles. The largest absolute Gasteiger partial charge is 0.494 e. The lowest BCUT2D eigenvalue weighted by Crippen LogP contribution is -2.51. The summed E-state index contributed by atoms with van der Waals surface area (Å²) in [5.74, 6) is 0.995. The summed E-state index contributed by atoms with van der Waals surface area (Å²) in [5, 5.41) is 17.3. The third kappa shape index (κ3) is 9.35. The van der Waals surface area contributed by atoms with Crippen molar-refractivity contribution in [2.75, 3.05) is 46.2 Å². The Balaban J connectivity index is 1.11. The van der Waals surface area contributed by atoms with Crippen LogP contribution in [0.15, 0.2) is 70.4 Å². The van der Waals surface area contributed by atoms with Crippen LogP contribution in [0.4, 0.5) is 4.79 Å². The summed E-state index contributed by atoms with van der Waals surface area (Å²) in [6.07, 6.45) is 1.25. The van der Waals surface area contributed by atoms with Crippen molar-refractivity contribution in [1.29, 1.82) is 0 Å². The van der Waals surface area contributed by atoms with Gasteiger partial charge < -0.3 is 48.6 Å². The number of ether oxygens (including phenoxy) is 6. The van der Waals surface area contributed by atoms with Gasteiger partial charge >= 0.3 is 6.09 Å². The molecule has 5 atom stereocenters. The molecule has 0 unspecified atom stereocenters. The van der Waals surface area contributed by atoms with Crippen LogP contribution < -0.4 is 24.8 Å². The first-order valence-corrected chi connectivity index (χ1v) is 18.8. The van der Waals surface area contributed by atoms with Gasteiger partial charge in [-0.3, -0.25) is 4.79 Å². The van der Waals surface area contributed by atoms with Gasteiger partial charge in [-0.05, 0) is 61.1 Å². The minimum Gasteiger partial charge on any atom is -0.494 e. The lowest BCUT2D eigenvalue weighted by molar-refractivity contribution is -0.0907. The Bertz CT molecular complexity index is 1750. The van der Waals surface area contributed by atoms with Crippen LogP contribution in [0.5, 0.6) is 17.2 Å². The van der Waals surface area contributed by atoms with E-state index in [9.17, 15) is 23.1 Å². The minimum absolute atomic E-state index is 0.000908. The second-order valence-electron chi connectivity index (χ2n) is 13.3. The Labute approximate surface area is 302 Å². The number of hydrogen-bond acceptors (Lipinski definition) is 12. The van der Waals surface area contributed by atoms with Crippen LogP contribution in [0.1, 0.15) is 42.6 Å². The molecule has 15 nitrogen and oxygen atoms in total. The number of nitrogens with one attached hydrogen (secondary N) is 2. The van der Waals surface area contributed by atoms with Crippen LogP contribution in [0.3, 0.4) is 0 Å². The first-order valence-electron chi connectivity index (χ1n) is 17.4. The van der Waals surface area contributed by atoms with E-state index < -0.39 is 40.7 Å². The number of fused-ring (bicyclic) bond motifs is 2. The van der Waals surface area contributed by atoms with Crippen molar-refractivity contribution in [3.05, 3.63) is 72.2 Å². The third-order valence-electron chi connectivity index (χ3n) is 8.99. The molecular weight excluding hydrogens is 698 g/mol. The predicted molar refractivity (Wildman–Crippen MR) is 184 cm³/mol. The van der Waals surface area contributed by atoms with Crippen LogP contribution in [-0.4, -0.2) is 101 Å². The number of amides is 2. The van der Waals surface area contributed by atoms with Crippen molar-refractivity contribution >= 4 is 22.0 Å². The van der Waals surface area contributed by atoms with Gasteiger partial charge in [0.25, 0.3) is 5.91 Å². The van der Waals surface area contributed by atoms with Crippen LogP contribution in [-0.2, 0) is 30.7 Å². The fourth-order valence-corrected chi connectivity index (χ4v) is 7.93. The van der Waals surface area contributed by atoms with Gasteiger partial charge in [-0.1, -0.05) is 26.0 Å². The van der Waals surface area contributed by atoms with E-state index in [2.05, 4.69) is 10.6 Å². The fourth-order valence-electron chi connectivity index (χ4n) is 6.29. The zero-order valence-electron chi connectivity index (χ0n) is 29.1. The third-order valence-corrected chi connectivity index (χ3v) is 10.8. The highest BCUT2D eigenvalue weighted by molar-refractivity contribution is 7.89. The van der Waals surface area contributed by atoms with E-state index in [4.69, 9.17) is 32.8 Å². The maximum Gasteiger partial charge on any atom is 0.407 e. The quantitative estimate of drug-likeness (QED) is 0.172. The van der Waals surface area contributed by atoms with Gasteiger partial charge in [-0.25, -0.2) is 13.2 Å². The minimum atomic E-state index is -4.09. The number of carbonyl (C=O) groups is 2. The smallest absolute Gasteiger partial charge is 0.407 e. The van der Waals surface area contributed by atoms with Gasteiger partial charge in [0.05, 0.1) is 54.6 Å². The zero-order valence-corrected chi connectivity index (χ0v) is 29.9. The summed E-state index contributed by atoms with van der Waals surface area (Å²) in [6.45, 7) is 5.07.